The predicted molar refractivity (Wildman–Crippen MR) is 126 cm³/mol. The molecule has 3 aromatic rings. The first-order chi connectivity index (χ1) is 15.4. The average molecular weight is 458 g/mol. The van der Waals surface area contributed by atoms with Gasteiger partial charge in [-0.3, -0.25) is 0 Å². The van der Waals surface area contributed by atoms with Crippen LogP contribution in [0.2, 0.25) is 0 Å². The van der Waals surface area contributed by atoms with Crippen molar-refractivity contribution in [2.24, 2.45) is 10.9 Å². The number of thiazole rings is 1. The summed E-state index contributed by atoms with van der Waals surface area (Å²) >= 11 is 1.75. The molecule has 8 heteroatoms. The maximum absolute atomic E-state index is 13.4. The van der Waals surface area contributed by atoms with Crippen LogP contribution >= 0.6 is 11.3 Å². The third kappa shape index (κ3) is 5.97. The van der Waals surface area contributed by atoms with Crippen LogP contribution in [0, 0.1) is 12.7 Å². The summed E-state index contributed by atoms with van der Waals surface area (Å²) < 4.78 is 24.9. The minimum atomic E-state index is -0.483. The van der Waals surface area contributed by atoms with Gasteiger partial charge in [0.2, 0.25) is 0 Å². The summed E-state index contributed by atoms with van der Waals surface area (Å²) in [5.74, 6) is 0.938. The average Bonchev–Trinajstić information content (AvgIpc) is 3.18. The fourth-order valence-corrected chi connectivity index (χ4v) is 4.16. The molecule has 170 valence electrons. The van der Waals surface area contributed by atoms with Gasteiger partial charge >= 0.3 is 0 Å². The predicted octanol–water partition coefficient (Wildman–Crippen LogP) is 5.71. The van der Waals surface area contributed by atoms with Gasteiger partial charge in [0.15, 0.2) is 5.84 Å². The van der Waals surface area contributed by atoms with E-state index in [-0.39, 0.29) is 11.4 Å². The van der Waals surface area contributed by atoms with Crippen LogP contribution in [0.25, 0.3) is 11.3 Å². The van der Waals surface area contributed by atoms with Crippen molar-refractivity contribution in [3.63, 3.8) is 0 Å². The molecule has 0 fully saturated rings. The van der Waals surface area contributed by atoms with E-state index >= 15 is 0 Å². The molecule has 0 aliphatic rings. The Morgan fingerprint density at radius 3 is 2.47 bits per heavy atom. The Kier molecular flexibility index (Phi) is 8.05. The number of unbranched alkanes of at least 4 members (excludes halogenated alkanes) is 1. The third-order valence-corrected chi connectivity index (χ3v) is 6.07. The number of hydrogen-bond acceptors (Lipinski definition) is 6. The number of rotatable bonds is 10. The van der Waals surface area contributed by atoms with E-state index in [0.717, 1.165) is 34.9 Å². The summed E-state index contributed by atoms with van der Waals surface area (Å²) in [6.45, 7) is 7.35. The summed E-state index contributed by atoms with van der Waals surface area (Å²) in [7, 11) is 0. The van der Waals surface area contributed by atoms with Gasteiger partial charge in [0.05, 0.1) is 29.5 Å². The number of aryl methyl sites for hydroxylation is 1. The second-order valence-electron chi connectivity index (χ2n) is 7.65. The number of nitrogens with zero attached hydrogens (tertiary/aromatic N) is 2. The van der Waals surface area contributed by atoms with Gasteiger partial charge in [-0.15, -0.1) is 11.3 Å². The molecule has 2 aromatic carbocycles. The van der Waals surface area contributed by atoms with Gasteiger partial charge in [-0.05, 0) is 68.1 Å². The molecule has 0 spiro atoms. The molecule has 1 heterocycles. The van der Waals surface area contributed by atoms with Gasteiger partial charge in [0.1, 0.15) is 17.3 Å². The lowest BCUT2D eigenvalue weighted by atomic mass is 10.1. The molecule has 0 radical (unpaired) electrons. The van der Waals surface area contributed by atoms with E-state index in [9.17, 15) is 4.39 Å². The minimum Gasteiger partial charge on any atom is -0.494 e. The van der Waals surface area contributed by atoms with Crippen molar-refractivity contribution in [1.29, 1.82) is 0 Å². The van der Waals surface area contributed by atoms with E-state index < -0.39 is 5.82 Å². The first kappa shape index (κ1) is 23.5. The lowest BCUT2D eigenvalue weighted by Gasteiger charge is -2.11. The van der Waals surface area contributed by atoms with E-state index in [1.54, 1.807) is 11.3 Å². The van der Waals surface area contributed by atoms with Gasteiger partial charge in [0.25, 0.3) is 0 Å². The topological polar surface area (TPSA) is 90.0 Å². The van der Waals surface area contributed by atoms with Crippen LogP contribution in [0.5, 0.6) is 11.5 Å². The molecule has 0 saturated carbocycles. The zero-order valence-electron chi connectivity index (χ0n) is 18.5. The molecule has 0 aliphatic carbocycles. The molecule has 3 N–H and O–H groups in total. The van der Waals surface area contributed by atoms with Gasteiger partial charge in [-0.2, -0.15) is 0 Å². The van der Waals surface area contributed by atoms with Crippen LogP contribution in [0.3, 0.4) is 0 Å². The molecule has 0 aliphatic heterocycles. The maximum atomic E-state index is 13.4. The summed E-state index contributed by atoms with van der Waals surface area (Å²) in [4.78, 5) is 5.99. The lowest BCUT2D eigenvalue weighted by molar-refractivity contribution is 0.266. The Morgan fingerprint density at radius 1 is 1.12 bits per heavy atom. The van der Waals surface area contributed by atoms with E-state index in [4.69, 9.17) is 25.4 Å². The highest BCUT2D eigenvalue weighted by Gasteiger charge is 2.14. The van der Waals surface area contributed by atoms with Crippen molar-refractivity contribution in [1.82, 2.24) is 4.98 Å². The number of aromatic nitrogens is 1. The summed E-state index contributed by atoms with van der Waals surface area (Å²) in [5.41, 5.74) is 7.95. The zero-order valence-corrected chi connectivity index (χ0v) is 19.3. The minimum absolute atomic E-state index is 0.195. The molecule has 0 bridgehead atoms. The second kappa shape index (κ2) is 10.9. The van der Waals surface area contributed by atoms with E-state index in [1.165, 1.54) is 23.1 Å². The van der Waals surface area contributed by atoms with E-state index in [2.05, 4.69) is 19.0 Å². The molecule has 0 saturated heterocycles. The first-order valence-corrected chi connectivity index (χ1v) is 11.3. The highest BCUT2D eigenvalue weighted by Crippen LogP contribution is 2.34. The summed E-state index contributed by atoms with van der Waals surface area (Å²) in [5, 5.41) is 12.8. The fourth-order valence-electron chi connectivity index (χ4n) is 3.21. The summed E-state index contributed by atoms with van der Waals surface area (Å²) in [6.07, 6.45) is 1.52. The van der Waals surface area contributed by atoms with Gasteiger partial charge < -0.3 is 20.4 Å². The smallest absolute Gasteiger partial charge is 0.173 e. The molecule has 32 heavy (non-hydrogen) atoms. The molecule has 6 nitrogen and oxygen atoms in total. The Hall–Kier alpha value is -3.13. The molecule has 0 atom stereocenters. The van der Waals surface area contributed by atoms with Crippen molar-refractivity contribution in [2.75, 3.05) is 13.2 Å². The number of amidine groups is 1. The van der Waals surface area contributed by atoms with Crippen LogP contribution in [0.4, 0.5) is 4.39 Å². The monoisotopic (exact) mass is 457 g/mol. The zero-order chi connectivity index (χ0) is 23.1. The Bertz CT molecular complexity index is 1060. The number of oxime groups is 1. The van der Waals surface area contributed by atoms with Crippen LogP contribution in [0.15, 0.2) is 47.6 Å². The van der Waals surface area contributed by atoms with Crippen LogP contribution in [-0.4, -0.2) is 29.2 Å². The van der Waals surface area contributed by atoms with Crippen LogP contribution < -0.4 is 15.2 Å². The standard InChI is InChI=1S/C24H28FN3O3S/c1-15(2)23-22(27-16(3)32-23)17-6-9-19(10-7-17)30-12-4-5-13-31-21-11-8-18(25)14-20(21)24(26)28-29/h6-11,14-15,29H,4-5,12-13H2,1-3H3,(H2,26,28). The van der Waals surface area contributed by atoms with Gasteiger partial charge in [-0.1, -0.05) is 19.0 Å². The molecular formula is C24H28FN3O3S. The molecule has 3 rings (SSSR count). The van der Waals surface area contributed by atoms with Crippen LogP contribution in [0.1, 0.15) is 48.1 Å². The third-order valence-electron chi connectivity index (χ3n) is 4.80. The quantitative estimate of drug-likeness (QED) is 0.134. The number of nitrogens with two attached hydrogens (primary N) is 1. The lowest BCUT2D eigenvalue weighted by Crippen LogP contribution is -2.15. The number of hydrogen-bond donors (Lipinski definition) is 2. The molecule has 0 unspecified atom stereocenters. The molecule has 1 aromatic heterocycles. The molecular weight excluding hydrogens is 429 g/mol. The second-order valence-corrected chi connectivity index (χ2v) is 8.89. The van der Waals surface area contributed by atoms with E-state index in [1.807, 2.05) is 31.2 Å². The largest absolute Gasteiger partial charge is 0.494 e. The Balaban J connectivity index is 1.46. The highest BCUT2D eigenvalue weighted by molar-refractivity contribution is 7.12. The van der Waals surface area contributed by atoms with Crippen molar-refractivity contribution in [3.8, 4) is 22.8 Å². The number of benzene rings is 2. The van der Waals surface area contributed by atoms with Crippen molar-refractivity contribution in [3.05, 3.63) is 63.7 Å². The number of halogens is 1. The van der Waals surface area contributed by atoms with Gasteiger partial charge in [-0.25, -0.2) is 9.37 Å². The number of ether oxygens (including phenoxy) is 2. The van der Waals surface area contributed by atoms with Crippen molar-refractivity contribution in [2.45, 2.75) is 39.5 Å². The van der Waals surface area contributed by atoms with Crippen molar-refractivity contribution >= 4 is 17.2 Å². The SMILES string of the molecule is Cc1nc(-c2ccc(OCCCCOc3ccc(F)cc3C(N)=NO)cc2)c(C(C)C)s1. The Morgan fingerprint density at radius 2 is 1.81 bits per heavy atom. The normalized spacial score (nSPS) is 11.7. The van der Waals surface area contributed by atoms with Gasteiger partial charge in [0, 0.05) is 10.4 Å². The Labute approximate surface area is 191 Å². The first-order valence-electron chi connectivity index (χ1n) is 10.5. The molecule has 0 amide bonds. The van der Waals surface area contributed by atoms with E-state index in [0.29, 0.717) is 24.9 Å². The fraction of sp³-hybridized carbons (Fsp3) is 0.333. The highest BCUT2D eigenvalue weighted by atomic mass is 32.1. The van der Waals surface area contributed by atoms with Crippen molar-refractivity contribution < 1.29 is 19.1 Å². The summed E-state index contributed by atoms with van der Waals surface area (Å²) in [6, 6.07) is 11.9. The maximum Gasteiger partial charge on any atom is 0.173 e. The van der Waals surface area contributed by atoms with Crippen LogP contribution in [-0.2, 0) is 0 Å².